The summed E-state index contributed by atoms with van der Waals surface area (Å²) >= 11 is 0. The molecule has 0 saturated carbocycles. The maximum absolute atomic E-state index is 5.81. The monoisotopic (exact) mass is 314 g/mol. The normalized spacial score (nSPS) is 13.3. The van der Waals surface area contributed by atoms with E-state index >= 15 is 0 Å². The Kier molecular flexibility index (Phi) is 6.83. The van der Waals surface area contributed by atoms with E-state index in [9.17, 15) is 0 Å². The van der Waals surface area contributed by atoms with Crippen LogP contribution in [0.15, 0.2) is 12.1 Å². The van der Waals surface area contributed by atoms with E-state index in [1.54, 1.807) is 21.3 Å². The summed E-state index contributed by atoms with van der Waals surface area (Å²) in [6.07, 6.45) is -0.284. The molecule has 0 fully saturated rings. The summed E-state index contributed by atoms with van der Waals surface area (Å²) in [5.74, 6) is 0.795. The van der Waals surface area contributed by atoms with Gasteiger partial charge in [0, 0.05) is 33.1 Å². The molecule has 0 aliphatic rings. The van der Waals surface area contributed by atoms with E-state index in [4.69, 9.17) is 22.8 Å². The van der Waals surface area contributed by atoms with E-state index in [0.29, 0.717) is 6.61 Å². The molecule has 0 spiro atoms. The summed E-state index contributed by atoms with van der Waals surface area (Å²) in [6.45, 7) is 8.46. The van der Waals surface area contributed by atoms with Gasteiger partial charge in [-0.3, -0.25) is 0 Å². The number of hydrogen-bond acceptors (Lipinski definition) is 5. The Morgan fingerprint density at radius 1 is 1.00 bits per heavy atom. The predicted octanol–water partition coefficient (Wildman–Crippen LogP) is 2.15. The Morgan fingerprint density at radius 2 is 1.57 bits per heavy atom. The molecule has 0 saturated heterocycles. The van der Waals surface area contributed by atoms with E-state index in [1.807, 2.05) is 39.8 Å². The lowest BCUT2D eigenvalue weighted by atomic mass is 10.1. The van der Waals surface area contributed by atoms with E-state index in [0.717, 1.165) is 22.1 Å². The number of hydrogen-bond donors (Lipinski definition) is 0. The first-order valence-electron chi connectivity index (χ1n) is 7.00. The molecule has 1 atom stereocenters. The second kappa shape index (κ2) is 7.91. The number of benzene rings is 1. The molecular formula is C15H26O5Si. The minimum Gasteiger partial charge on any atom is -0.465 e. The van der Waals surface area contributed by atoms with E-state index < -0.39 is 8.80 Å². The minimum absolute atomic E-state index is 0.284. The first-order valence-corrected chi connectivity index (χ1v) is 8.72. The smallest absolute Gasteiger partial charge is 0.465 e. The quantitative estimate of drug-likeness (QED) is 0.543. The van der Waals surface area contributed by atoms with Crippen LogP contribution in [0.3, 0.4) is 0 Å². The van der Waals surface area contributed by atoms with Crippen LogP contribution in [-0.4, -0.2) is 43.0 Å². The van der Waals surface area contributed by atoms with Gasteiger partial charge in [0.15, 0.2) is 6.29 Å². The molecule has 0 aliphatic heterocycles. The fourth-order valence-electron chi connectivity index (χ4n) is 2.28. The lowest BCUT2D eigenvalue weighted by Gasteiger charge is -2.27. The Hall–Kier alpha value is -0.923. The van der Waals surface area contributed by atoms with Gasteiger partial charge in [0.1, 0.15) is 5.75 Å². The molecule has 0 bridgehead atoms. The fourth-order valence-corrected chi connectivity index (χ4v) is 4.38. The van der Waals surface area contributed by atoms with Crippen LogP contribution < -0.4 is 9.92 Å². The van der Waals surface area contributed by atoms with Crippen LogP contribution in [0.1, 0.15) is 25.0 Å². The molecule has 0 aromatic heterocycles. The van der Waals surface area contributed by atoms with E-state index in [2.05, 4.69) is 0 Å². The molecular weight excluding hydrogens is 288 g/mol. The topological polar surface area (TPSA) is 46.2 Å². The van der Waals surface area contributed by atoms with Crippen molar-refractivity contribution in [3.05, 3.63) is 23.3 Å². The third kappa shape index (κ3) is 3.84. The van der Waals surface area contributed by atoms with Gasteiger partial charge >= 0.3 is 8.80 Å². The van der Waals surface area contributed by atoms with Gasteiger partial charge in [-0.05, 0) is 44.9 Å². The average Bonchev–Trinajstić information content (AvgIpc) is 2.48. The Bertz CT molecular complexity index is 451. The molecule has 0 N–H and O–H groups in total. The Labute approximate surface area is 128 Å². The summed E-state index contributed by atoms with van der Waals surface area (Å²) < 4.78 is 27.9. The van der Waals surface area contributed by atoms with Gasteiger partial charge in [-0.1, -0.05) is 6.07 Å². The second-order valence-electron chi connectivity index (χ2n) is 4.67. The van der Waals surface area contributed by atoms with Crippen molar-refractivity contribution in [3.8, 4) is 5.75 Å². The highest BCUT2D eigenvalue weighted by Gasteiger charge is 2.42. The predicted molar refractivity (Wildman–Crippen MR) is 84.0 cm³/mol. The van der Waals surface area contributed by atoms with Crippen molar-refractivity contribution in [2.24, 2.45) is 0 Å². The zero-order valence-corrected chi connectivity index (χ0v) is 15.0. The highest BCUT2D eigenvalue weighted by atomic mass is 28.4. The largest absolute Gasteiger partial charge is 0.536 e. The fraction of sp³-hybridized carbons (Fsp3) is 0.600. The molecule has 1 aromatic rings. The van der Waals surface area contributed by atoms with Crippen LogP contribution in [0.25, 0.3) is 0 Å². The maximum Gasteiger partial charge on any atom is 0.536 e. The SMILES string of the molecule is CCOC(C)Oc1ccc([Si](OC)(OC)OC)c(C)c1C. The number of ether oxygens (including phenoxy) is 2. The molecule has 5 nitrogen and oxygen atoms in total. The third-order valence-corrected chi connectivity index (χ3v) is 6.38. The first-order chi connectivity index (χ1) is 9.95. The van der Waals surface area contributed by atoms with Gasteiger partial charge in [0.2, 0.25) is 0 Å². The molecule has 0 radical (unpaired) electrons. The molecule has 1 unspecified atom stereocenters. The molecule has 0 amide bonds. The first kappa shape index (κ1) is 18.1. The van der Waals surface area contributed by atoms with Crippen LogP contribution in [-0.2, 0) is 18.0 Å². The van der Waals surface area contributed by atoms with Gasteiger partial charge < -0.3 is 22.8 Å². The standard InChI is InChI=1S/C15H26O5Si/c1-8-19-13(4)20-14-9-10-15(12(3)11(14)2)21(16-5,17-6)18-7/h9-10,13H,8H2,1-7H3. The van der Waals surface area contributed by atoms with Gasteiger partial charge in [0.25, 0.3) is 0 Å². The highest BCUT2D eigenvalue weighted by Crippen LogP contribution is 2.23. The van der Waals surface area contributed by atoms with Crippen LogP contribution in [0.4, 0.5) is 0 Å². The van der Waals surface area contributed by atoms with Gasteiger partial charge in [0.05, 0.1) is 0 Å². The average molecular weight is 314 g/mol. The van der Waals surface area contributed by atoms with Crippen molar-refractivity contribution < 1.29 is 22.8 Å². The van der Waals surface area contributed by atoms with Crippen molar-refractivity contribution in [1.82, 2.24) is 0 Å². The maximum atomic E-state index is 5.81. The molecule has 1 aromatic carbocycles. The molecule has 1 rings (SSSR count). The molecule has 120 valence electrons. The summed E-state index contributed by atoms with van der Waals surface area (Å²) in [4.78, 5) is 0. The van der Waals surface area contributed by atoms with Gasteiger partial charge in [-0.25, -0.2) is 0 Å². The Morgan fingerprint density at radius 3 is 2.05 bits per heavy atom. The molecule has 0 aliphatic carbocycles. The van der Waals surface area contributed by atoms with Crippen molar-refractivity contribution in [1.29, 1.82) is 0 Å². The zero-order chi connectivity index (χ0) is 16.0. The summed E-state index contributed by atoms with van der Waals surface area (Å²) in [6, 6.07) is 3.85. The lowest BCUT2D eigenvalue weighted by Crippen LogP contribution is -2.55. The van der Waals surface area contributed by atoms with Crippen molar-refractivity contribution in [2.45, 2.75) is 34.0 Å². The van der Waals surface area contributed by atoms with Gasteiger partial charge in [-0.2, -0.15) is 0 Å². The molecule has 6 heteroatoms. The third-order valence-electron chi connectivity index (χ3n) is 3.57. The summed E-state index contributed by atoms with van der Waals surface area (Å²) in [5, 5.41) is 0.948. The zero-order valence-electron chi connectivity index (χ0n) is 14.0. The Balaban J connectivity index is 3.16. The highest BCUT2D eigenvalue weighted by molar-refractivity contribution is 6.75. The van der Waals surface area contributed by atoms with Crippen molar-refractivity contribution >= 4 is 14.0 Å². The summed E-state index contributed by atoms with van der Waals surface area (Å²) in [5.41, 5.74) is 2.08. The van der Waals surface area contributed by atoms with Crippen LogP contribution >= 0.6 is 0 Å². The molecule has 0 heterocycles. The van der Waals surface area contributed by atoms with Gasteiger partial charge in [-0.15, -0.1) is 0 Å². The van der Waals surface area contributed by atoms with E-state index in [1.165, 1.54) is 0 Å². The number of rotatable bonds is 8. The second-order valence-corrected chi connectivity index (χ2v) is 7.55. The van der Waals surface area contributed by atoms with Crippen LogP contribution in [0, 0.1) is 13.8 Å². The van der Waals surface area contributed by atoms with Crippen LogP contribution in [0.5, 0.6) is 5.75 Å². The minimum atomic E-state index is -2.83. The van der Waals surface area contributed by atoms with Crippen molar-refractivity contribution in [2.75, 3.05) is 27.9 Å². The van der Waals surface area contributed by atoms with E-state index in [-0.39, 0.29) is 6.29 Å². The lowest BCUT2D eigenvalue weighted by molar-refractivity contribution is -0.0616. The summed E-state index contributed by atoms with van der Waals surface area (Å²) in [7, 11) is 1.99. The van der Waals surface area contributed by atoms with Crippen molar-refractivity contribution in [3.63, 3.8) is 0 Å². The van der Waals surface area contributed by atoms with Crippen LogP contribution in [0.2, 0.25) is 0 Å². The molecule has 21 heavy (non-hydrogen) atoms.